The Balaban J connectivity index is 1.45. The minimum atomic E-state index is -0.617. The normalized spacial score (nSPS) is 15.4. The zero-order chi connectivity index (χ0) is 21.1. The van der Waals surface area contributed by atoms with Crippen LogP contribution < -0.4 is 5.43 Å². The largest absolute Gasteiger partial charge is 0.465 e. The number of nitrogens with zero attached hydrogens (tertiary/aromatic N) is 2. The van der Waals surface area contributed by atoms with Crippen molar-refractivity contribution >= 4 is 16.9 Å². The van der Waals surface area contributed by atoms with Crippen LogP contribution in [0, 0.1) is 6.92 Å². The molecule has 1 fully saturated rings. The van der Waals surface area contributed by atoms with Gasteiger partial charge in [0.05, 0.1) is 7.11 Å². The van der Waals surface area contributed by atoms with Crippen LogP contribution in [0.2, 0.25) is 0 Å². The number of fused-ring (bicyclic) bond motifs is 1. The van der Waals surface area contributed by atoms with Gasteiger partial charge in [0.1, 0.15) is 5.56 Å². The van der Waals surface area contributed by atoms with Gasteiger partial charge in [-0.05, 0) is 35.7 Å². The Morgan fingerprint density at radius 3 is 2.37 bits per heavy atom. The summed E-state index contributed by atoms with van der Waals surface area (Å²) >= 11 is 0. The van der Waals surface area contributed by atoms with E-state index in [-0.39, 0.29) is 11.0 Å². The summed E-state index contributed by atoms with van der Waals surface area (Å²) in [6.07, 6.45) is 1.44. The van der Waals surface area contributed by atoms with Crippen LogP contribution in [0.15, 0.2) is 53.5 Å². The van der Waals surface area contributed by atoms with E-state index in [1.165, 1.54) is 24.4 Å². The first kappa shape index (κ1) is 20.3. The van der Waals surface area contributed by atoms with Crippen molar-refractivity contribution in [2.75, 3.05) is 33.3 Å². The second kappa shape index (κ2) is 8.81. The molecule has 1 aliphatic rings. The van der Waals surface area contributed by atoms with Crippen molar-refractivity contribution in [1.82, 2.24) is 14.8 Å². The molecule has 0 saturated carbocycles. The molecule has 156 valence electrons. The smallest absolute Gasteiger partial charge is 0.343 e. The third-order valence-electron chi connectivity index (χ3n) is 5.85. The maximum atomic E-state index is 12.6. The molecule has 0 spiro atoms. The van der Waals surface area contributed by atoms with Crippen LogP contribution in [0.1, 0.15) is 27.0 Å². The molecule has 1 aromatic heterocycles. The van der Waals surface area contributed by atoms with Gasteiger partial charge in [-0.15, -0.1) is 0 Å². The number of H-pyrrole nitrogens is 1. The van der Waals surface area contributed by atoms with E-state index in [2.05, 4.69) is 45.1 Å². The quantitative estimate of drug-likeness (QED) is 0.661. The van der Waals surface area contributed by atoms with Gasteiger partial charge in [-0.25, -0.2) is 4.79 Å². The maximum Gasteiger partial charge on any atom is 0.343 e. The number of esters is 1. The predicted octanol–water partition coefficient (Wildman–Crippen LogP) is 2.94. The SMILES string of the molecule is COC(=O)c1c[nH]c2cc(CN3CCN(Cc4ccccc4)CC3)c(C)cc2c1=O. The van der Waals surface area contributed by atoms with Crippen molar-refractivity contribution in [1.29, 1.82) is 0 Å². The van der Waals surface area contributed by atoms with E-state index in [0.717, 1.165) is 50.3 Å². The molecule has 0 radical (unpaired) electrons. The van der Waals surface area contributed by atoms with Crippen molar-refractivity contribution in [3.8, 4) is 0 Å². The molecular weight excluding hydrogens is 378 g/mol. The van der Waals surface area contributed by atoms with Gasteiger partial charge in [-0.3, -0.25) is 14.6 Å². The number of piperazine rings is 1. The summed E-state index contributed by atoms with van der Waals surface area (Å²) in [7, 11) is 1.28. The van der Waals surface area contributed by atoms with Crippen molar-refractivity contribution in [3.63, 3.8) is 0 Å². The van der Waals surface area contributed by atoms with Gasteiger partial charge in [0, 0.05) is 56.4 Å². The van der Waals surface area contributed by atoms with Crippen molar-refractivity contribution < 1.29 is 9.53 Å². The maximum absolute atomic E-state index is 12.6. The van der Waals surface area contributed by atoms with Crippen LogP contribution in [-0.2, 0) is 17.8 Å². The highest BCUT2D eigenvalue weighted by Crippen LogP contribution is 2.19. The number of aryl methyl sites for hydroxylation is 1. The molecule has 30 heavy (non-hydrogen) atoms. The van der Waals surface area contributed by atoms with Gasteiger partial charge >= 0.3 is 5.97 Å². The fourth-order valence-electron chi connectivity index (χ4n) is 4.04. The van der Waals surface area contributed by atoms with Gasteiger partial charge in [-0.1, -0.05) is 30.3 Å². The van der Waals surface area contributed by atoms with Gasteiger partial charge < -0.3 is 9.72 Å². The molecule has 2 aromatic carbocycles. The monoisotopic (exact) mass is 405 g/mol. The number of hydrogen-bond acceptors (Lipinski definition) is 5. The van der Waals surface area contributed by atoms with Crippen molar-refractivity contribution in [2.45, 2.75) is 20.0 Å². The summed E-state index contributed by atoms with van der Waals surface area (Å²) in [5, 5.41) is 0.520. The number of carbonyl (C=O) groups is 1. The topological polar surface area (TPSA) is 65.6 Å². The molecule has 0 unspecified atom stereocenters. The highest BCUT2D eigenvalue weighted by Gasteiger charge is 2.19. The van der Waals surface area contributed by atoms with E-state index in [1.54, 1.807) is 0 Å². The Bertz CT molecular complexity index is 1100. The first-order valence-corrected chi connectivity index (χ1v) is 10.3. The molecular formula is C24H27N3O3. The predicted molar refractivity (Wildman–Crippen MR) is 118 cm³/mol. The van der Waals surface area contributed by atoms with Gasteiger partial charge in [-0.2, -0.15) is 0 Å². The Hall–Kier alpha value is -2.96. The molecule has 4 rings (SSSR count). The van der Waals surface area contributed by atoms with Crippen LogP contribution >= 0.6 is 0 Å². The number of benzene rings is 2. The number of rotatable bonds is 5. The molecule has 1 aliphatic heterocycles. The molecule has 3 aromatic rings. The van der Waals surface area contributed by atoms with Crippen LogP contribution in [0.4, 0.5) is 0 Å². The third kappa shape index (κ3) is 4.30. The minimum absolute atomic E-state index is 0.0340. The first-order chi connectivity index (χ1) is 14.5. The second-order valence-electron chi connectivity index (χ2n) is 7.89. The number of ether oxygens (including phenoxy) is 1. The van der Waals surface area contributed by atoms with E-state index in [1.807, 2.05) is 19.1 Å². The molecule has 6 nitrogen and oxygen atoms in total. The van der Waals surface area contributed by atoms with E-state index in [0.29, 0.717) is 5.39 Å². The Kier molecular flexibility index (Phi) is 5.97. The summed E-state index contributed by atoms with van der Waals surface area (Å²) in [6.45, 7) is 7.98. The molecule has 2 heterocycles. The molecule has 1 saturated heterocycles. The summed E-state index contributed by atoms with van der Waals surface area (Å²) < 4.78 is 4.70. The van der Waals surface area contributed by atoms with E-state index in [9.17, 15) is 9.59 Å². The fourth-order valence-corrected chi connectivity index (χ4v) is 4.04. The standard InChI is InChI=1S/C24H27N3O3/c1-17-12-20-22(25-14-21(23(20)28)24(29)30-2)13-19(17)16-27-10-8-26(9-11-27)15-18-6-4-3-5-7-18/h3-7,12-14H,8-11,15-16H2,1-2H3,(H,25,28). The van der Waals surface area contributed by atoms with Gasteiger partial charge in [0.2, 0.25) is 5.43 Å². The highest BCUT2D eigenvalue weighted by atomic mass is 16.5. The Morgan fingerprint density at radius 1 is 1.03 bits per heavy atom. The molecule has 6 heteroatoms. The molecule has 0 bridgehead atoms. The molecule has 0 atom stereocenters. The zero-order valence-electron chi connectivity index (χ0n) is 17.5. The number of methoxy groups -OCH3 is 1. The van der Waals surface area contributed by atoms with Crippen LogP contribution in [0.3, 0.4) is 0 Å². The fraction of sp³-hybridized carbons (Fsp3) is 0.333. The summed E-state index contributed by atoms with van der Waals surface area (Å²) in [5.41, 5.74) is 4.09. The van der Waals surface area contributed by atoms with E-state index >= 15 is 0 Å². The number of nitrogens with one attached hydrogen (secondary N) is 1. The average Bonchev–Trinajstić information content (AvgIpc) is 2.77. The number of pyridine rings is 1. The van der Waals surface area contributed by atoms with Crippen molar-refractivity contribution in [3.05, 3.63) is 81.1 Å². The lowest BCUT2D eigenvalue weighted by atomic mass is 10.0. The minimum Gasteiger partial charge on any atom is -0.465 e. The lowest BCUT2D eigenvalue weighted by Crippen LogP contribution is -2.45. The van der Waals surface area contributed by atoms with Gasteiger partial charge in [0.15, 0.2) is 0 Å². The van der Waals surface area contributed by atoms with Gasteiger partial charge in [0.25, 0.3) is 0 Å². The lowest BCUT2D eigenvalue weighted by Gasteiger charge is -2.35. The van der Waals surface area contributed by atoms with Crippen LogP contribution in [0.25, 0.3) is 10.9 Å². The first-order valence-electron chi connectivity index (χ1n) is 10.3. The second-order valence-corrected chi connectivity index (χ2v) is 7.89. The molecule has 0 aliphatic carbocycles. The third-order valence-corrected chi connectivity index (χ3v) is 5.85. The summed E-state index contributed by atoms with van der Waals surface area (Å²) in [4.78, 5) is 32.4. The van der Waals surface area contributed by atoms with E-state index < -0.39 is 5.97 Å². The van der Waals surface area contributed by atoms with Crippen LogP contribution in [0.5, 0.6) is 0 Å². The summed E-state index contributed by atoms with van der Waals surface area (Å²) in [6, 6.07) is 14.5. The summed E-state index contributed by atoms with van der Waals surface area (Å²) in [5.74, 6) is -0.617. The molecule has 0 amide bonds. The zero-order valence-corrected chi connectivity index (χ0v) is 17.5. The Morgan fingerprint density at radius 2 is 1.70 bits per heavy atom. The number of hydrogen-bond donors (Lipinski definition) is 1. The lowest BCUT2D eigenvalue weighted by molar-refractivity contribution is 0.0599. The van der Waals surface area contributed by atoms with E-state index in [4.69, 9.17) is 4.74 Å². The Labute approximate surface area is 176 Å². The van der Waals surface area contributed by atoms with Crippen LogP contribution in [-0.4, -0.2) is 54.0 Å². The molecule has 1 N–H and O–H groups in total. The number of aromatic nitrogens is 1. The average molecular weight is 405 g/mol. The highest BCUT2D eigenvalue weighted by molar-refractivity contribution is 5.93. The van der Waals surface area contributed by atoms with Crippen molar-refractivity contribution in [2.24, 2.45) is 0 Å². The number of carbonyl (C=O) groups excluding carboxylic acids is 1. The number of aromatic amines is 1.